The van der Waals surface area contributed by atoms with Gasteiger partial charge in [0.1, 0.15) is 5.75 Å². The summed E-state index contributed by atoms with van der Waals surface area (Å²) in [6.45, 7) is 1.35. The summed E-state index contributed by atoms with van der Waals surface area (Å²) in [6, 6.07) is 22.5. The molecular weight excluding hydrogens is 638 g/mol. The zero-order chi connectivity index (χ0) is 30.7. The minimum absolute atomic E-state index is 0.0333. The Morgan fingerprint density at radius 1 is 1.02 bits per heavy atom. The highest BCUT2D eigenvalue weighted by atomic mass is 79.9. The van der Waals surface area contributed by atoms with Crippen molar-refractivity contribution in [1.29, 1.82) is 0 Å². The number of methoxy groups -OCH3 is 1. The van der Waals surface area contributed by atoms with Crippen LogP contribution in [0.25, 0.3) is 0 Å². The second-order valence-electron chi connectivity index (χ2n) is 9.95. The number of carbonyl (C=O) groups excluding carboxylic acids is 1. The van der Waals surface area contributed by atoms with Crippen LogP contribution in [0.4, 0.5) is 0 Å². The number of ether oxygens (including phenoxy) is 3. The van der Waals surface area contributed by atoms with Gasteiger partial charge in [0.2, 0.25) is 5.90 Å². The zero-order valence-electron chi connectivity index (χ0n) is 23.9. The Kier molecular flexibility index (Phi) is 11.7. The molecule has 0 spiro atoms. The number of aliphatic hydroxyl groups is 1. The molecule has 2 atom stereocenters. The van der Waals surface area contributed by atoms with Gasteiger partial charge in [0, 0.05) is 49.7 Å². The first-order valence-electron chi connectivity index (χ1n) is 14.0. The van der Waals surface area contributed by atoms with E-state index in [1.807, 2.05) is 24.3 Å². The van der Waals surface area contributed by atoms with Crippen molar-refractivity contribution in [2.45, 2.75) is 35.8 Å². The van der Waals surface area contributed by atoms with Crippen molar-refractivity contribution in [2.75, 3.05) is 39.2 Å². The lowest BCUT2D eigenvalue weighted by molar-refractivity contribution is -0.130. The van der Waals surface area contributed by atoms with E-state index >= 15 is 0 Å². The van der Waals surface area contributed by atoms with Crippen molar-refractivity contribution < 1.29 is 32.5 Å². The Morgan fingerprint density at radius 2 is 1.74 bits per heavy atom. The van der Waals surface area contributed by atoms with E-state index in [-0.39, 0.29) is 29.6 Å². The maximum absolute atomic E-state index is 14.0. The van der Waals surface area contributed by atoms with Crippen molar-refractivity contribution in [1.82, 2.24) is 10.9 Å². The number of sulfone groups is 1. The molecule has 0 aromatic heterocycles. The lowest BCUT2D eigenvalue weighted by Gasteiger charge is -2.30. The van der Waals surface area contributed by atoms with Crippen LogP contribution in [-0.4, -0.2) is 70.1 Å². The molecule has 3 aromatic carbocycles. The highest BCUT2D eigenvalue weighted by Gasteiger charge is 2.53. The van der Waals surface area contributed by atoms with E-state index in [1.54, 1.807) is 49.6 Å². The van der Waals surface area contributed by atoms with Crippen LogP contribution in [-0.2, 0) is 24.1 Å². The summed E-state index contributed by atoms with van der Waals surface area (Å²) in [4.78, 5) is 19.1. The van der Waals surface area contributed by atoms with Crippen LogP contribution >= 0.6 is 15.9 Å². The van der Waals surface area contributed by atoms with Crippen molar-refractivity contribution in [3.63, 3.8) is 0 Å². The van der Waals surface area contributed by atoms with Gasteiger partial charge in [0.25, 0.3) is 5.91 Å². The molecule has 0 aliphatic carbocycles. The molecule has 12 heteroatoms. The summed E-state index contributed by atoms with van der Waals surface area (Å²) in [7, 11) is -2.15. The third-order valence-corrected chi connectivity index (χ3v) is 9.17. The number of hydrogen-bond donors (Lipinski definition) is 3. The molecule has 0 saturated heterocycles. The van der Waals surface area contributed by atoms with E-state index in [1.165, 1.54) is 12.1 Å². The number of amides is 1. The first-order valence-corrected chi connectivity index (χ1v) is 16.4. The number of rotatable bonds is 16. The van der Waals surface area contributed by atoms with E-state index < -0.39 is 27.4 Å². The van der Waals surface area contributed by atoms with Crippen LogP contribution in [0, 0.1) is 0 Å². The molecule has 0 bridgehead atoms. The van der Waals surface area contributed by atoms with Crippen LogP contribution in [0.5, 0.6) is 5.75 Å². The Balaban J connectivity index is 1.71. The van der Waals surface area contributed by atoms with E-state index in [0.717, 1.165) is 4.47 Å². The Hall–Kier alpha value is -3.29. The second kappa shape index (κ2) is 15.4. The highest BCUT2D eigenvalue weighted by molar-refractivity contribution is 9.10. The first kappa shape index (κ1) is 32.6. The van der Waals surface area contributed by atoms with Gasteiger partial charge in [-0.3, -0.25) is 10.2 Å². The largest absolute Gasteiger partial charge is 0.494 e. The summed E-state index contributed by atoms with van der Waals surface area (Å²) >= 11 is 3.45. The number of benzene rings is 3. The van der Waals surface area contributed by atoms with Gasteiger partial charge in [-0.05, 0) is 60.5 Å². The average Bonchev–Trinajstić information content (AvgIpc) is 3.42. The summed E-state index contributed by atoms with van der Waals surface area (Å²) in [5, 5.41) is 9.02. The fourth-order valence-corrected chi connectivity index (χ4v) is 6.25. The Morgan fingerprint density at radius 3 is 2.42 bits per heavy atom. The highest BCUT2D eigenvalue weighted by Crippen LogP contribution is 2.43. The predicted molar refractivity (Wildman–Crippen MR) is 167 cm³/mol. The van der Waals surface area contributed by atoms with Crippen molar-refractivity contribution in [3.8, 4) is 5.75 Å². The third-order valence-electron chi connectivity index (χ3n) is 6.91. The standard InChI is InChI=1S/C31H36BrN3O7S/c1-40-20-5-18-33-35-30(37)31(17-22-43(38,39)27-7-3-2-4-8-27)28(23-9-13-25(32)14-10-23)42-29(34-31)24-11-15-26(16-12-24)41-21-6-19-36/h2-4,7-16,28,33,36H,5-6,17-22H2,1H3,(H,35,37)/t28-,31-/m0/s1. The summed E-state index contributed by atoms with van der Waals surface area (Å²) < 4.78 is 44.8. The third kappa shape index (κ3) is 8.42. The molecule has 0 fully saturated rings. The number of hydrogen-bond acceptors (Lipinski definition) is 9. The molecule has 0 unspecified atom stereocenters. The number of aliphatic hydroxyl groups excluding tert-OH is 1. The quantitative estimate of drug-likeness (QED) is 0.153. The fraction of sp³-hybridized carbons (Fsp3) is 0.355. The van der Waals surface area contributed by atoms with E-state index in [2.05, 4.69) is 26.8 Å². The van der Waals surface area contributed by atoms with Gasteiger partial charge in [-0.25, -0.2) is 18.8 Å². The SMILES string of the molecule is COCCCNNC(=O)[C@@]1(CCS(=O)(=O)c2ccccc2)N=C(c2ccc(OCCCO)cc2)O[C@H]1c1ccc(Br)cc1. The van der Waals surface area contributed by atoms with E-state index in [0.29, 0.717) is 49.5 Å². The predicted octanol–water partition coefficient (Wildman–Crippen LogP) is 3.99. The molecular formula is C31H36BrN3O7S. The second-order valence-corrected chi connectivity index (χ2v) is 13.0. The monoisotopic (exact) mass is 673 g/mol. The van der Waals surface area contributed by atoms with Gasteiger partial charge in [-0.15, -0.1) is 0 Å². The fourth-order valence-electron chi connectivity index (χ4n) is 4.60. The lowest BCUT2D eigenvalue weighted by atomic mass is 9.85. The molecule has 0 saturated carbocycles. The molecule has 43 heavy (non-hydrogen) atoms. The maximum Gasteiger partial charge on any atom is 0.266 e. The van der Waals surface area contributed by atoms with Crippen LogP contribution in [0.3, 0.4) is 0 Å². The molecule has 0 radical (unpaired) electrons. The average molecular weight is 675 g/mol. The summed E-state index contributed by atoms with van der Waals surface area (Å²) in [6.07, 6.45) is 0.112. The van der Waals surface area contributed by atoms with Crippen LogP contribution in [0.15, 0.2) is 93.2 Å². The van der Waals surface area contributed by atoms with Gasteiger partial charge in [0.05, 0.1) is 17.3 Å². The smallest absolute Gasteiger partial charge is 0.266 e. The minimum Gasteiger partial charge on any atom is -0.494 e. The Bertz CT molecular complexity index is 1470. The lowest BCUT2D eigenvalue weighted by Crippen LogP contribution is -2.53. The van der Waals surface area contributed by atoms with Crippen molar-refractivity contribution >= 4 is 37.6 Å². The summed E-state index contributed by atoms with van der Waals surface area (Å²) in [5.41, 5.74) is 5.32. The molecule has 10 nitrogen and oxygen atoms in total. The Labute approximate surface area is 260 Å². The molecule has 230 valence electrons. The van der Waals surface area contributed by atoms with E-state index in [4.69, 9.17) is 24.3 Å². The number of hydrazine groups is 1. The maximum atomic E-state index is 14.0. The van der Waals surface area contributed by atoms with Gasteiger partial charge in [-0.2, -0.15) is 0 Å². The van der Waals surface area contributed by atoms with Crippen molar-refractivity contribution in [2.24, 2.45) is 4.99 Å². The molecule has 4 rings (SSSR count). The van der Waals surface area contributed by atoms with Crippen molar-refractivity contribution in [3.05, 3.63) is 94.5 Å². The molecule has 1 amide bonds. The molecule has 1 heterocycles. The molecule has 1 aliphatic heterocycles. The van der Waals surface area contributed by atoms with Gasteiger partial charge in [-0.1, -0.05) is 46.3 Å². The topological polar surface area (TPSA) is 136 Å². The number of nitrogens with one attached hydrogen (secondary N) is 2. The van der Waals surface area contributed by atoms with Gasteiger partial charge in [0.15, 0.2) is 21.5 Å². The number of nitrogens with zero attached hydrogens (tertiary/aromatic N) is 1. The van der Waals surface area contributed by atoms with Crippen LogP contribution in [0.1, 0.15) is 36.5 Å². The number of carbonyl (C=O) groups is 1. The number of aliphatic imine (C=N–C) groups is 1. The molecule has 3 aromatic rings. The normalized spacial score (nSPS) is 18.1. The number of halogens is 1. The van der Waals surface area contributed by atoms with Crippen LogP contribution in [0.2, 0.25) is 0 Å². The first-order chi connectivity index (χ1) is 20.8. The molecule has 3 N–H and O–H groups in total. The molecule has 1 aliphatic rings. The summed E-state index contributed by atoms with van der Waals surface area (Å²) in [5.74, 6) is -0.0289. The van der Waals surface area contributed by atoms with Gasteiger partial charge < -0.3 is 19.3 Å². The van der Waals surface area contributed by atoms with Gasteiger partial charge >= 0.3 is 0 Å². The zero-order valence-corrected chi connectivity index (χ0v) is 26.3. The minimum atomic E-state index is -3.75. The van der Waals surface area contributed by atoms with E-state index in [9.17, 15) is 13.2 Å². The van der Waals surface area contributed by atoms with Crippen LogP contribution < -0.4 is 15.6 Å².